The molecule has 2 aliphatic carbocycles. The van der Waals surface area contributed by atoms with Gasteiger partial charge in [-0.3, -0.25) is 0 Å². The average molecular weight is 282 g/mol. The van der Waals surface area contributed by atoms with Crippen LogP contribution in [0.1, 0.15) is 52.4 Å². The first kappa shape index (κ1) is 15.2. The monoisotopic (exact) mass is 282 g/mol. The van der Waals surface area contributed by atoms with Crippen LogP contribution < -0.4 is 5.73 Å². The molecule has 3 atom stereocenters. The molecular formula is C16H30N2S. The molecule has 0 heterocycles. The number of rotatable bonds is 7. The molecule has 0 spiro atoms. The molecule has 19 heavy (non-hydrogen) atoms. The number of fused-ring (bicyclic) bond motifs is 2. The third kappa shape index (κ3) is 3.91. The van der Waals surface area contributed by atoms with Crippen LogP contribution in [0.4, 0.5) is 0 Å². The Morgan fingerprint density at radius 2 is 2.05 bits per heavy atom. The van der Waals surface area contributed by atoms with Gasteiger partial charge in [-0.1, -0.05) is 32.5 Å². The van der Waals surface area contributed by atoms with E-state index in [4.69, 9.17) is 18.0 Å². The normalized spacial score (nSPS) is 30.2. The standard InChI is InChI=1S/C16H30N2S/c1-16(2,15(17)19)7-4-8-18(3)11-14-10-12-5-6-13(14)9-12/h12-14H,4-11H2,1-3H3,(H2,17,19). The molecule has 2 fully saturated rings. The first-order valence-electron chi connectivity index (χ1n) is 7.87. The van der Waals surface area contributed by atoms with Crippen LogP contribution in [-0.2, 0) is 0 Å². The lowest BCUT2D eigenvalue weighted by Gasteiger charge is -2.28. The summed E-state index contributed by atoms with van der Waals surface area (Å²) < 4.78 is 0. The maximum Gasteiger partial charge on any atom is 0.0784 e. The topological polar surface area (TPSA) is 29.3 Å². The number of hydrogen-bond acceptors (Lipinski definition) is 2. The molecule has 0 aromatic heterocycles. The number of thiocarbonyl (C=S) groups is 1. The lowest BCUT2D eigenvalue weighted by atomic mass is 9.87. The highest BCUT2D eigenvalue weighted by Gasteiger charge is 2.39. The first-order chi connectivity index (χ1) is 8.88. The number of nitrogens with zero attached hydrogens (tertiary/aromatic N) is 1. The molecule has 3 heteroatoms. The highest BCUT2D eigenvalue weighted by molar-refractivity contribution is 7.80. The molecule has 2 nitrogen and oxygen atoms in total. The second-order valence-corrected chi connectivity index (χ2v) is 7.99. The van der Waals surface area contributed by atoms with Crippen molar-refractivity contribution >= 4 is 17.2 Å². The lowest BCUT2D eigenvalue weighted by Crippen LogP contribution is -2.32. The van der Waals surface area contributed by atoms with Gasteiger partial charge in [-0.25, -0.2) is 0 Å². The van der Waals surface area contributed by atoms with Gasteiger partial charge in [0.05, 0.1) is 4.99 Å². The molecule has 2 saturated carbocycles. The quantitative estimate of drug-likeness (QED) is 0.725. The van der Waals surface area contributed by atoms with Crippen LogP contribution in [0.2, 0.25) is 0 Å². The minimum Gasteiger partial charge on any atom is -0.393 e. The Balaban J connectivity index is 1.65. The fourth-order valence-corrected chi connectivity index (χ4v) is 4.11. The van der Waals surface area contributed by atoms with Gasteiger partial charge >= 0.3 is 0 Å². The third-order valence-electron chi connectivity index (χ3n) is 5.44. The molecule has 0 aromatic rings. The second kappa shape index (κ2) is 6.09. The first-order valence-corrected chi connectivity index (χ1v) is 8.28. The minimum atomic E-state index is 0.0165. The van der Waals surface area contributed by atoms with Crippen molar-refractivity contribution < 1.29 is 0 Å². The van der Waals surface area contributed by atoms with Crippen LogP contribution in [0.15, 0.2) is 0 Å². The minimum absolute atomic E-state index is 0.0165. The van der Waals surface area contributed by atoms with Crippen molar-refractivity contribution in [2.24, 2.45) is 28.9 Å². The summed E-state index contributed by atoms with van der Waals surface area (Å²) in [5.74, 6) is 3.09. The summed E-state index contributed by atoms with van der Waals surface area (Å²) in [7, 11) is 2.28. The molecule has 0 aromatic carbocycles. The SMILES string of the molecule is CN(CCCC(C)(C)C(N)=S)CC1CC2CCC1C2. The van der Waals surface area contributed by atoms with Gasteiger partial charge in [0, 0.05) is 12.0 Å². The number of hydrogen-bond donors (Lipinski definition) is 1. The van der Waals surface area contributed by atoms with E-state index in [0.29, 0.717) is 4.99 Å². The Hall–Kier alpha value is -0.150. The predicted octanol–water partition coefficient (Wildman–Crippen LogP) is 3.45. The Kier molecular flexibility index (Phi) is 4.88. The molecule has 0 amide bonds. The maximum absolute atomic E-state index is 5.78. The van der Waals surface area contributed by atoms with E-state index in [0.717, 1.165) is 24.2 Å². The second-order valence-electron chi connectivity index (χ2n) is 7.55. The van der Waals surface area contributed by atoms with Gasteiger partial charge in [0.15, 0.2) is 0 Å². The van der Waals surface area contributed by atoms with Crippen molar-refractivity contribution in [3.63, 3.8) is 0 Å². The van der Waals surface area contributed by atoms with E-state index in [1.54, 1.807) is 0 Å². The van der Waals surface area contributed by atoms with Crippen LogP contribution in [0.3, 0.4) is 0 Å². The Morgan fingerprint density at radius 1 is 1.32 bits per heavy atom. The van der Waals surface area contributed by atoms with Gasteiger partial charge in [-0.2, -0.15) is 0 Å². The molecule has 2 bridgehead atoms. The molecule has 3 unspecified atom stereocenters. The largest absolute Gasteiger partial charge is 0.393 e. The predicted molar refractivity (Wildman–Crippen MR) is 86.2 cm³/mol. The Morgan fingerprint density at radius 3 is 2.58 bits per heavy atom. The van der Waals surface area contributed by atoms with E-state index >= 15 is 0 Å². The summed E-state index contributed by atoms with van der Waals surface area (Å²) in [6.07, 6.45) is 8.32. The smallest absolute Gasteiger partial charge is 0.0784 e. The third-order valence-corrected chi connectivity index (χ3v) is 5.99. The highest BCUT2D eigenvalue weighted by atomic mass is 32.1. The summed E-state index contributed by atoms with van der Waals surface area (Å²) in [6.45, 7) is 6.80. The molecule has 110 valence electrons. The summed E-state index contributed by atoms with van der Waals surface area (Å²) >= 11 is 5.13. The van der Waals surface area contributed by atoms with E-state index in [9.17, 15) is 0 Å². The molecular weight excluding hydrogens is 252 g/mol. The van der Waals surface area contributed by atoms with Crippen molar-refractivity contribution in [2.75, 3.05) is 20.1 Å². The van der Waals surface area contributed by atoms with Crippen molar-refractivity contribution in [3.05, 3.63) is 0 Å². The van der Waals surface area contributed by atoms with Crippen LogP contribution in [0.25, 0.3) is 0 Å². The fraction of sp³-hybridized carbons (Fsp3) is 0.938. The maximum atomic E-state index is 5.78. The zero-order valence-electron chi connectivity index (χ0n) is 12.8. The van der Waals surface area contributed by atoms with Crippen molar-refractivity contribution in [2.45, 2.75) is 52.4 Å². The summed E-state index contributed by atoms with van der Waals surface area (Å²) in [4.78, 5) is 3.18. The fourth-order valence-electron chi connectivity index (χ4n) is 4.01. The van der Waals surface area contributed by atoms with Crippen LogP contribution >= 0.6 is 12.2 Å². The van der Waals surface area contributed by atoms with Crippen molar-refractivity contribution in [1.29, 1.82) is 0 Å². The molecule has 0 aliphatic heterocycles. The average Bonchev–Trinajstić information content (AvgIpc) is 2.90. The molecule has 0 saturated heterocycles. The zero-order valence-corrected chi connectivity index (χ0v) is 13.6. The Bertz CT molecular complexity index is 327. The Labute approximate surface area is 124 Å². The van der Waals surface area contributed by atoms with Gasteiger partial charge in [0.25, 0.3) is 0 Å². The highest BCUT2D eigenvalue weighted by Crippen LogP contribution is 2.48. The van der Waals surface area contributed by atoms with Crippen LogP contribution in [0, 0.1) is 23.2 Å². The van der Waals surface area contributed by atoms with E-state index in [1.807, 2.05) is 0 Å². The summed E-state index contributed by atoms with van der Waals surface area (Å²) in [5, 5.41) is 0. The van der Waals surface area contributed by atoms with Gasteiger partial charge in [-0.15, -0.1) is 0 Å². The molecule has 2 aliphatic rings. The zero-order chi connectivity index (χ0) is 14.0. The van der Waals surface area contributed by atoms with Gasteiger partial charge in [-0.05, 0) is 63.5 Å². The van der Waals surface area contributed by atoms with E-state index in [2.05, 4.69) is 25.8 Å². The number of nitrogens with two attached hydrogens (primary N) is 1. The van der Waals surface area contributed by atoms with Crippen molar-refractivity contribution in [3.8, 4) is 0 Å². The van der Waals surface area contributed by atoms with Crippen LogP contribution in [-0.4, -0.2) is 30.0 Å². The van der Waals surface area contributed by atoms with Gasteiger partial charge in [0.1, 0.15) is 0 Å². The van der Waals surface area contributed by atoms with E-state index in [1.165, 1.54) is 45.2 Å². The summed E-state index contributed by atoms with van der Waals surface area (Å²) in [5.41, 5.74) is 5.79. The molecule has 2 rings (SSSR count). The van der Waals surface area contributed by atoms with E-state index in [-0.39, 0.29) is 5.41 Å². The van der Waals surface area contributed by atoms with Gasteiger partial charge < -0.3 is 10.6 Å². The summed E-state index contributed by atoms with van der Waals surface area (Å²) in [6, 6.07) is 0. The molecule has 0 radical (unpaired) electrons. The van der Waals surface area contributed by atoms with Gasteiger partial charge in [0.2, 0.25) is 0 Å². The van der Waals surface area contributed by atoms with E-state index < -0.39 is 0 Å². The van der Waals surface area contributed by atoms with Crippen LogP contribution in [0.5, 0.6) is 0 Å². The lowest BCUT2D eigenvalue weighted by molar-refractivity contribution is 0.213. The molecule has 2 N–H and O–H groups in total. The van der Waals surface area contributed by atoms with Crippen molar-refractivity contribution in [1.82, 2.24) is 4.90 Å².